The van der Waals surface area contributed by atoms with Crippen molar-refractivity contribution >= 4 is 29.1 Å². The summed E-state index contributed by atoms with van der Waals surface area (Å²) in [7, 11) is 0. The highest BCUT2D eigenvalue weighted by Gasteiger charge is 2.21. The first-order chi connectivity index (χ1) is 14.9. The van der Waals surface area contributed by atoms with Gasteiger partial charge in [-0.15, -0.1) is 0 Å². The first-order valence-electron chi connectivity index (χ1n) is 9.82. The Morgan fingerprint density at radius 2 is 1.84 bits per heavy atom. The number of nitrogens with zero attached hydrogens (tertiary/aromatic N) is 3. The molecule has 1 aromatic heterocycles. The number of amides is 2. The van der Waals surface area contributed by atoms with Crippen LogP contribution in [0, 0.1) is 12.7 Å². The lowest BCUT2D eigenvalue weighted by atomic mass is 10.1. The molecule has 9 heteroatoms. The Labute approximate surface area is 183 Å². The van der Waals surface area contributed by atoms with Crippen molar-refractivity contribution in [2.45, 2.75) is 13.5 Å². The minimum Gasteiger partial charge on any atom is -0.360 e. The molecule has 0 radical (unpaired) electrons. The van der Waals surface area contributed by atoms with Crippen molar-refractivity contribution in [2.24, 2.45) is 0 Å². The van der Waals surface area contributed by atoms with Crippen LogP contribution in [0.4, 0.5) is 10.1 Å². The Kier molecular flexibility index (Phi) is 5.90. The molecule has 2 aromatic carbocycles. The molecule has 160 valence electrons. The molecule has 1 fully saturated rings. The van der Waals surface area contributed by atoms with E-state index < -0.39 is 0 Å². The third-order valence-corrected chi connectivity index (χ3v) is 5.44. The zero-order valence-electron chi connectivity index (χ0n) is 16.9. The van der Waals surface area contributed by atoms with Crippen LogP contribution in [0.2, 0.25) is 5.15 Å². The van der Waals surface area contributed by atoms with Gasteiger partial charge in [-0.2, -0.15) is 5.10 Å². The van der Waals surface area contributed by atoms with Crippen molar-refractivity contribution in [1.82, 2.24) is 20.4 Å². The molecule has 2 heterocycles. The normalized spacial score (nSPS) is 13.8. The molecule has 0 saturated carbocycles. The third-order valence-electron chi connectivity index (χ3n) is 5.10. The molecule has 3 aromatic rings. The number of aryl methyl sites for hydroxylation is 1. The highest BCUT2D eigenvalue weighted by molar-refractivity contribution is 6.33. The number of anilines is 1. The molecular weight excluding hydrogens is 421 g/mol. The van der Waals surface area contributed by atoms with Crippen LogP contribution in [0.15, 0.2) is 48.5 Å². The van der Waals surface area contributed by atoms with Crippen LogP contribution < -0.4 is 15.5 Å². The van der Waals surface area contributed by atoms with E-state index in [4.69, 9.17) is 11.6 Å². The number of carbonyl (C=O) groups excluding carboxylic acids is 2. The molecule has 2 amide bonds. The largest absolute Gasteiger partial charge is 0.360 e. The number of benzene rings is 2. The van der Waals surface area contributed by atoms with Crippen LogP contribution in [-0.4, -0.2) is 41.2 Å². The molecule has 0 atom stereocenters. The number of carbonyl (C=O) groups is 2. The van der Waals surface area contributed by atoms with E-state index in [1.807, 2.05) is 29.2 Å². The van der Waals surface area contributed by atoms with Gasteiger partial charge in [-0.05, 0) is 48.9 Å². The first kappa shape index (κ1) is 20.9. The summed E-state index contributed by atoms with van der Waals surface area (Å²) in [5.41, 5.74) is 3.20. The van der Waals surface area contributed by atoms with E-state index in [9.17, 15) is 14.0 Å². The maximum Gasteiger partial charge on any atom is 0.256 e. The molecule has 1 aliphatic rings. The van der Waals surface area contributed by atoms with Crippen molar-refractivity contribution in [2.75, 3.05) is 24.5 Å². The van der Waals surface area contributed by atoms with Crippen LogP contribution in [0.25, 0.3) is 5.69 Å². The van der Waals surface area contributed by atoms with Crippen LogP contribution >= 0.6 is 11.6 Å². The van der Waals surface area contributed by atoms with Gasteiger partial charge in [0.15, 0.2) is 0 Å². The summed E-state index contributed by atoms with van der Waals surface area (Å²) in [5.74, 6) is -0.694. The van der Waals surface area contributed by atoms with Gasteiger partial charge in [0.2, 0.25) is 5.91 Å². The molecule has 0 unspecified atom stereocenters. The Morgan fingerprint density at radius 3 is 2.52 bits per heavy atom. The number of hydrogen-bond donors (Lipinski definition) is 2. The topological polar surface area (TPSA) is 79.3 Å². The fraction of sp³-hybridized carbons (Fsp3) is 0.227. The van der Waals surface area contributed by atoms with E-state index in [1.54, 1.807) is 19.1 Å². The second-order valence-corrected chi connectivity index (χ2v) is 7.62. The number of aromatic nitrogens is 2. The van der Waals surface area contributed by atoms with Crippen LogP contribution in [0.5, 0.6) is 0 Å². The van der Waals surface area contributed by atoms with Crippen molar-refractivity contribution in [1.29, 1.82) is 0 Å². The highest BCUT2D eigenvalue weighted by Crippen LogP contribution is 2.24. The number of hydrogen-bond acceptors (Lipinski definition) is 4. The molecular formula is C22H21ClFN5O2. The molecule has 1 aliphatic heterocycles. The van der Waals surface area contributed by atoms with Gasteiger partial charge in [0, 0.05) is 25.3 Å². The molecule has 0 spiro atoms. The Balaban J connectivity index is 1.43. The van der Waals surface area contributed by atoms with E-state index in [1.165, 1.54) is 16.8 Å². The molecule has 4 rings (SSSR count). The zero-order valence-corrected chi connectivity index (χ0v) is 17.6. The second-order valence-electron chi connectivity index (χ2n) is 7.26. The summed E-state index contributed by atoms with van der Waals surface area (Å²) in [6.07, 6.45) is 0. The quantitative estimate of drug-likeness (QED) is 0.638. The maximum atomic E-state index is 13.2. The SMILES string of the molecule is Cc1nn(-c2ccc(F)cc2)c(Cl)c1C(=O)NCc1ccc(N2CCNC(=O)C2)cc1. The van der Waals surface area contributed by atoms with E-state index in [0.717, 1.165) is 17.8 Å². The standard InChI is InChI=1S/C22H21ClFN5O2/c1-14-20(21(23)29(27-14)18-8-4-16(24)5-9-18)22(31)26-12-15-2-6-17(7-3-15)28-11-10-25-19(30)13-28/h2-9H,10-13H2,1H3,(H,25,30)(H,26,31). The average molecular weight is 442 g/mol. The molecule has 2 N–H and O–H groups in total. The van der Waals surface area contributed by atoms with Gasteiger partial charge in [0.05, 0.1) is 23.5 Å². The van der Waals surface area contributed by atoms with Gasteiger partial charge >= 0.3 is 0 Å². The highest BCUT2D eigenvalue weighted by atomic mass is 35.5. The van der Waals surface area contributed by atoms with Gasteiger partial charge in [0.1, 0.15) is 11.0 Å². The van der Waals surface area contributed by atoms with Gasteiger partial charge in [-0.25, -0.2) is 9.07 Å². The second kappa shape index (κ2) is 8.77. The summed E-state index contributed by atoms with van der Waals surface area (Å²) >= 11 is 6.41. The lowest BCUT2D eigenvalue weighted by Crippen LogP contribution is -2.47. The van der Waals surface area contributed by atoms with Crippen molar-refractivity contribution in [3.63, 3.8) is 0 Å². The lowest BCUT2D eigenvalue weighted by Gasteiger charge is -2.28. The minimum atomic E-state index is -0.365. The fourth-order valence-electron chi connectivity index (χ4n) is 3.46. The molecule has 1 saturated heterocycles. The van der Waals surface area contributed by atoms with Gasteiger partial charge in [-0.1, -0.05) is 23.7 Å². The zero-order chi connectivity index (χ0) is 22.0. The predicted molar refractivity (Wildman–Crippen MR) is 116 cm³/mol. The van der Waals surface area contributed by atoms with Crippen LogP contribution in [0.1, 0.15) is 21.6 Å². The maximum absolute atomic E-state index is 13.2. The van der Waals surface area contributed by atoms with E-state index in [0.29, 0.717) is 31.0 Å². The van der Waals surface area contributed by atoms with E-state index in [-0.39, 0.29) is 28.3 Å². The lowest BCUT2D eigenvalue weighted by molar-refractivity contribution is -0.120. The Morgan fingerprint density at radius 1 is 1.16 bits per heavy atom. The average Bonchev–Trinajstić information content (AvgIpc) is 3.07. The summed E-state index contributed by atoms with van der Waals surface area (Å²) in [5, 5.41) is 10.2. The summed E-state index contributed by atoms with van der Waals surface area (Å²) in [6, 6.07) is 13.4. The van der Waals surface area contributed by atoms with Crippen LogP contribution in [-0.2, 0) is 11.3 Å². The predicted octanol–water partition coefficient (Wildman–Crippen LogP) is 2.84. The van der Waals surface area contributed by atoms with Gasteiger partial charge in [-0.3, -0.25) is 9.59 Å². The van der Waals surface area contributed by atoms with Gasteiger partial charge < -0.3 is 15.5 Å². The van der Waals surface area contributed by atoms with Crippen molar-refractivity contribution in [3.05, 3.63) is 76.3 Å². The van der Waals surface area contributed by atoms with Crippen LogP contribution in [0.3, 0.4) is 0 Å². The molecule has 0 aliphatic carbocycles. The third kappa shape index (κ3) is 4.54. The Hall–Kier alpha value is -3.39. The molecule has 31 heavy (non-hydrogen) atoms. The van der Waals surface area contributed by atoms with E-state index >= 15 is 0 Å². The minimum absolute atomic E-state index is 0.0102. The van der Waals surface area contributed by atoms with E-state index in [2.05, 4.69) is 15.7 Å². The smallest absolute Gasteiger partial charge is 0.256 e. The Bertz CT molecular complexity index is 1110. The summed E-state index contributed by atoms with van der Waals surface area (Å²) in [6.45, 7) is 3.74. The fourth-order valence-corrected chi connectivity index (χ4v) is 3.82. The number of rotatable bonds is 5. The number of nitrogens with one attached hydrogen (secondary N) is 2. The summed E-state index contributed by atoms with van der Waals surface area (Å²) < 4.78 is 14.6. The monoisotopic (exact) mass is 441 g/mol. The van der Waals surface area contributed by atoms with Crippen molar-refractivity contribution in [3.8, 4) is 5.69 Å². The first-order valence-corrected chi connectivity index (χ1v) is 10.2. The van der Waals surface area contributed by atoms with Crippen molar-refractivity contribution < 1.29 is 14.0 Å². The van der Waals surface area contributed by atoms with Gasteiger partial charge in [0.25, 0.3) is 5.91 Å². The number of piperazine rings is 1. The number of halogens is 2. The molecule has 0 bridgehead atoms. The summed E-state index contributed by atoms with van der Waals surface area (Å²) in [4.78, 5) is 26.3. The molecule has 7 nitrogen and oxygen atoms in total.